The summed E-state index contributed by atoms with van der Waals surface area (Å²) in [5.41, 5.74) is 3.99. The molecule has 0 aromatic carbocycles. The van der Waals surface area contributed by atoms with Crippen LogP contribution in [0.4, 0.5) is 0 Å². The fourth-order valence-electron chi connectivity index (χ4n) is 2.76. The molecule has 0 aliphatic heterocycles. The molecule has 0 fully saturated rings. The maximum Gasteiger partial charge on any atom is 0.0538 e. The van der Waals surface area contributed by atoms with Gasteiger partial charge in [0.1, 0.15) is 0 Å². The fraction of sp³-hybridized carbons (Fsp3) is 0.238. The molecule has 130 valence electrons. The lowest BCUT2D eigenvalue weighted by atomic mass is 10.0. The highest BCUT2D eigenvalue weighted by Crippen LogP contribution is 2.47. The standard InChI is InChI=1S/C21H22S4/c1-12(6-7-13(2)22)17-10-15(4)24-20(17)21-18(11-16(5)25-21)19-9-8-14(3)23-19/h6-11,22H,1-5H3/b12-6+,13-7-. The summed E-state index contributed by atoms with van der Waals surface area (Å²) in [5, 5.41) is 0. The molecule has 0 saturated carbocycles. The average molecular weight is 403 g/mol. The third-order valence-electron chi connectivity index (χ3n) is 3.92. The first-order valence-electron chi connectivity index (χ1n) is 8.17. The van der Waals surface area contributed by atoms with Crippen LogP contribution in [-0.2, 0) is 0 Å². The molecule has 3 rings (SSSR count). The Kier molecular flexibility index (Phi) is 5.74. The van der Waals surface area contributed by atoms with Gasteiger partial charge in [-0.05, 0) is 74.9 Å². The van der Waals surface area contributed by atoms with Crippen molar-refractivity contribution < 1.29 is 0 Å². The van der Waals surface area contributed by atoms with Gasteiger partial charge in [-0.1, -0.05) is 12.2 Å². The van der Waals surface area contributed by atoms with E-state index in [0.29, 0.717) is 0 Å². The van der Waals surface area contributed by atoms with E-state index in [-0.39, 0.29) is 0 Å². The molecule has 25 heavy (non-hydrogen) atoms. The summed E-state index contributed by atoms with van der Waals surface area (Å²) < 4.78 is 0. The number of hydrogen-bond donors (Lipinski definition) is 1. The molecule has 3 aromatic rings. The summed E-state index contributed by atoms with van der Waals surface area (Å²) in [6.45, 7) is 10.8. The summed E-state index contributed by atoms with van der Waals surface area (Å²) in [6.07, 6.45) is 4.24. The molecule has 0 aliphatic rings. The van der Waals surface area contributed by atoms with Crippen LogP contribution in [0.2, 0.25) is 0 Å². The van der Waals surface area contributed by atoms with Crippen LogP contribution < -0.4 is 0 Å². The van der Waals surface area contributed by atoms with E-state index in [2.05, 4.69) is 76.7 Å². The molecule has 0 nitrogen and oxygen atoms in total. The monoisotopic (exact) mass is 402 g/mol. The zero-order valence-electron chi connectivity index (χ0n) is 15.1. The van der Waals surface area contributed by atoms with E-state index in [1.54, 1.807) is 0 Å². The maximum atomic E-state index is 4.38. The minimum Gasteiger partial charge on any atom is -0.148 e. The highest BCUT2D eigenvalue weighted by atomic mass is 32.1. The van der Waals surface area contributed by atoms with Crippen LogP contribution in [0.25, 0.3) is 25.8 Å². The van der Waals surface area contributed by atoms with Gasteiger partial charge in [0.05, 0.1) is 9.75 Å². The van der Waals surface area contributed by atoms with Crippen LogP contribution in [0.15, 0.2) is 41.3 Å². The van der Waals surface area contributed by atoms with Crippen molar-refractivity contribution in [2.75, 3.05) is 0 Å². The highest BCUT2D eigenvalue weighted by Gasteiger charge is 2.18. The van der Waals surface area contributed by atoms with Crippen molar-refractivity contribution in [3.8, 4) is 20.2 Å². The molecule has 0 unspecified atom stereocenters. The van der Waals surface area contributed by atoms with Gasteiger partial charge in [0, 0.05) is 25.1 Å². The lowest BCUT2D eigenvalue weighted by Crippen LogP contribution is -1.80. The lowest BCUT2D eigenvalue weighted by Gasteiger charge is -2.05. The van der Waals surface area contributed by atoms with Crippen LogP contribution >= 0.6 is 46.6 Å². The van der Waals surface area contributed by atoms with Gasteiger partial charge in [0.25, 0.3) is 0 Å². The molecule has 0 aliphatic carbocycles. The summed E-state index contributed by atoms with van der Waals surface area (Å²) in [6, 6.07) is 9.11. The number of thiol groups is 1. The fourth-order valence-corrected chi connectivity index (χ4v) is 6.05. The van der Waals surface area contributed by atoms with Crippen molar-refractivity contribution in [3.05, 3.63) is 61.5 Å². The third kappa shape index (κ3) is 4.20. The second-order valence-electron chi connectivity index (χ2n) is 6.27. The zero-order chi connectivity index (χ0) is 18.1. The average Bonchev–Trinajstić information content (AvgIpc) is 3.23. The van der Waals surface area contributed by atoms with E-state index in [1.807, 2.05) is 40.9 Å². The SMILES string of the molecule is C/C(S)=C/C=C(\C)c1cc(C)sc1-c1sc(C)cc1-c1ccc(C)s1. The minimum atomic E-state index is 1.02. The molecule has 0 atom stereocenters. The Morgan fingerprint density at radius 3 is 2.16 bits per heavy atom. The first-order chi connectivity index (χ1) is 11.8. The minimum absolute atomic E-state index is 1.02. The van der Waals surface area contributed by atoms with Crippen molar-refractivity contribution in [2.24, 2.45) is 0 Å². The van der Waals surface area contributed by atoms with Crippen LogP contribution in [0, 0.1) is 20.8 Å². The van der Waals surface area contributed by atoms with Crippen molar-refractivity contribution in [1.82, 2.24) is 0 Å². The van der Waals surface area contributed by atoms with E-state index in [4.69, 9.17) is 0 Å². The predicted molar refractivity (Wildman–Crippen MR) is 122 cm³/mol. The van der Waals surface area contributed by atoms with Gasteiger partial charge >= 0.3 is 0 Å². The van der Waals surface area contributed by atoms with Crippen LogP contribution in [-0.4, -0.2) is 0 Å². The Labute approximate surface area is 168 Å². The van der Waals surface area contributed by atoms with Gasteiger partial charge < -0.3 is 0 Å². The number of hydrogen-bond acceptors (Lipinski definition) is 4. The van der Waals surface area contributed by atoms with Gasteiger partial charge in [-0.15, -0.1) is 46.6 Å². The molecule has 3 heterocycles. The van der Waals surface area contributed by atoms with Gasteiger partial charge in [-0.3, -0.25) is 0 Å². The Hall–Kier alpha value is -1.07. The molecular weight excluding hydrogens is 380 g/mol. The second-order valence-corrected chi connectivity index (χ2v) is 10.8. The van der Waals surface area contributed by atoms with E-state index in [0.717, 1.165) is 4.91 Å². The predicted octanol–water partition coefficient (Wildman–Crippen LogP) is 8.37. The van der Waals surface area contributed by atoms with Gasteiger partial charge in [0.15, 0.2) is 0 Å². The van der Waals surface area contributed by atoms with Gasteiger partial charge in [-0.2, -0.15) is 0 Å². The molecular formula is C21H22S4. The van der Waals surface area contributed by atoms with Crippen molar-refractivity contribution in [3.63, 3.8) is 0 Å². The quantitative estimate of drug-likeness (QED) is 0.329. The Bertz CT molecular complexity index is 956. The molecule has 3 aromatic heterocycles. The Balaban J connectivity index is 2.16. The number of aryl methyl sites for hydroxylation is 3. The number of thiophene rings is 3. The normalized spacial score (nSPS) is 12.9. The first kappa shape index (κ1) is 18.7. The van der Waals surface area contributed by atoms with E-state index < -0.39 is 0 Å². The topological polar surface area (TPSA) is 0 Å². The number of rotatable bonds is 4. The van der Waals surface area contributed by atoms with Crippen LogP contribution in [0.5, 0.6) is 0 Å². The summed E-state index contributed by atoms with van der Waals surface area (Å²) in [5.74, 6) is 0. The van der Waals surface area contributed by atoms with E-state index in [9.17, 15) is 0 Å². The highest BCUT2D eigenvalue weighted by molar-refractivity contribution is 7.84. The molecule has 0 radical (unpaired) electrons. The maximum absolute atomic E-state index is 4.38. The van der Waals surface area contributed by atoms with Crippen LogP contribution in [0.1, 0.15) is 34.0 Å². The molecule has 0 bridgehead atoms. The third-order valence-corrected chi connectivity index (χ3v) is 7.37. The molecule has 0 amide bonds. The van der Waals surface area contributed by atoms with Gasteiger partial charge in [0.2, 0.25) is 0 Å². The smallest absolute Gasteiger partial charge is 0.0538 e. The van der Waals surface area contributed by atoms with E-state index >= 15 is 0 Å². The zero-order valence-corrected chi connectivity index (χ0v) is 18.5. The molecule has 0 N–H and O–H groups in total. The Morgan fingerprint density at radius 1 is 0.840 bits per heavy atom. The van der Waals surface area contributed by atoms with Crippen LogP contribution in [0.3, 0.4) is 0 Å². The Morgan fingerprint density at radius 2 is 1.52 bits per heavy atom. The molecule has 4 heteroatoms. The van der Waals surface area contributed by atoms with Gasteiger partial charge in [-0.25, -0.2) is 0 Å². The summed E-state index contributed by atoms with van der Waals surface area (Å²) >= 11 is 10.0. The summed E-state index contributed by atoms with van der Waals surface area (Å²) in [7, 11) is 0. The summed E-state index contributed by atoms with van der Waals surface area (Å²) in [4.78, 5) is 9.24. The largest absolute Gasteiger partial charge is 0.148 e. The van der Waals surface area contributed by atoms with Crippen molar-refractivity contribution >= 4 is 52.2 Å². The molecule has 0 spiro atoms. The second kappa shape index (κ2) is 7.67. The molecule has 0 saturated heterocycles. The van der Waals surface area contributed by atoms with Crippen molar-refractivity contribution in [1.29, 1.82) is 0 Å². The lowest BCUT2D eigenvalue weighted by molar-refractivity contribution is 1.57. The van der Waals surface area contributed by atoms with E-state index in [1.165, 1.54) is 46.0 Å². The number of allylic oxidation sites excluding steroid dienone is 4. The first-order valence-corrected chi connectivity index (χ1v) is 11.1. The van der Waals surface area contributed by atoms with Crippen molar-refractivity contribution in [2.45, 2.75) is 34.6 Å².